The van der Waals surface area contributed by atoms with Crippen molar-refractivity contribution in [1.82, 2.24) is 15.2 Å². The van der Waals surface area contributed by atoms with Crippen LogP contribution in [0.15, 0.2) is 18.3 Å². The third-order valence-electron chi connectivity index (χ3n) is 5.00. The van der Waals surface area contributed by atoms with Crippen molar-refractivity contribution in [2.45, 2.75) is 32.2 Å². The maximum Gasteiger partial charge on any atom is 0.255 e. The molecular formula is C17H26N4O. The Labute approximate surface area is 132 Å². The van der Waals surface area contributed by atoms with Crippen LogP contribution in [0, 0.1) is 5.92 Å². The second kappa shape index (κ2) is 6.65. The van der Waals surface area contributed by atoms with Crippen molar-refractivity contribution in [3.05, 3.63) is 23.9 Å². The molecule has 1 N–H and O–H groups in total. The molecular weight excluding hydrogens is 276 g/mol. The standard InChI is InChI=1S/C17H26N4O/c1-13-6-9-21(10-7-13)16-4-3-14(11-19-16)17(22)20(2)15-5-8-18-12-15/h3-4,11,13,15,18H,5-10,12H2,1-2H3. The molecule has 2 saturated heterocycles. The largest absolute Gasteiger partial charge is 0.357 e. The lowest BCUT2D eigenvalue weighted by Gasteiger charge is -2.31. The fourth-order valence-electron chi connectivity index (χ4n) is 3.28. The lowest BCUT2D eigenvalue weighted by molar-refractivity contribution is 0.0743. The van der Waals surface area contributed by atoms with Crippen LogP contribution in [0.4, 0.5) is 5.82 Å². The second-order valence-electron chi connectivity index (χ2n) is 6.64. The first-order valence-electron chi connectivity index (χ1n) is 8.34. The van der Waals surface area contributed by atoms with E-state index >= 15 is 0 Å². The van der Waals surface area contributed by atoms with Gasteiger partial charge in [-0.15, -0.1) is 0 Å². The van der Waals surface area contributed by atoms with Crippen molar-refractivity contribution < 1.29 is 4.79 Å². The summed E-state index contributed by atoms with van der Waals surface area (Å²) in [7, 11) is 1.89. The highest BCUT2D eigenvalue weighted by atomic mass is 16.2. The summed E-state index contributed by atoms with van der Waals surface area (Å²) in [4.78, 5) is 21.2. The molecule has 1 unspecified atom stereocenters. The first-order valence-corrected chi connectivity index (χ1v) is 8.34. The van der Waals surface area contributed by atoms with Gasteiger partial charge >= 0.3 is 0 Å². The number of anilines is 1. The molecule has 0 aromatic carbocycles. The summed E-state index contributed by atoms with van der Waals surface area (Å²) in [5, 5.41) is 3.30. The molecule has 2 aliphatic heterocycles. The van der Waals surface area contributed by atoms with Gasteiger partial charge in [-0.3, -0.25) is 4.79 Å². The fraction of sp³-hybridized carbons (Fsp3) is 0.647. The van der Waals surface area contributed by atoms with Crippen LogP contribution in [0.2, 0.25) is 0 Å². The Hall–Kier alpha value is -1.62. The van der Waals surface area contributed by atoms with Gasteiger partial charge in [0.05, 0.1) is 5.56 Å². The number of piperidine rings is 1. The number of rotatable bonds is 3. The first-order chi connectivity index (χ1) is 10.6. The molecule has 1 atom stereocenters. The number of pyridine rings is 1. The number of likely N-dealkylation sites (N-methyl/N-ethyl adjacent to an activating group) is 1. The van der Waals surface area contributed by atoms with Gasteiger partial charge in [0.2, 0.25) is 0 Å². The lowest BCUT2D eigenvalue weighted by atomic mass is 9.99. The molecule has 2 aliphatic rings. The predicted octanol–water partition coefficient (Wildman–Crippen LogP) is 1.75. The molecule has 5 heteroatoms. The SMILES string of the molecule is CC1CCN(c2ccc(C(=O)N(C)C3CCNC3)cn2)CC1. The summed E-state index contributed by atoms with van der Waals surface area (Å²) in [6, 6.07) is 4.21. The number of nitrogens with zero attached hydrogens (tertiary/aromatic N) is 3. The minimum absolute atomic E-state index is 0.0695. The molecule has 0 spiro atoms. The summed E-state index contributed by atoms with van der Waals surface area (Å²) < 4.78 is 0. The van der Waals surface area contributed by atoms with Crippen LogP contribution >= 0.6 is 0 Å². The first kappa shape index (κ1) is 15.3. The van der Waals surface area contributed by atoms with Crippen LogP contribution in [0.1, 0.15) is 36.5 Å². The Balaban J connectivity index is 1.64. The van der Waals surface area contributed by atoms with Gasteiger partial charge < -0.3 is 15.1 Å². The van der Waals surface area contributed by atoms with Crippen LogP contribution in [-0.2, 0) is 0 Å². The van der Waals surface area contributed by atoms with Crippen molar-refractivity contribution in [2.24, 2.45) is 5.92 Å². The van der Waals surface area contributed by atoms with E-state index in [0.717, 1.165) is 44.3 Å². The number of amides is 1. The molecule has 3 heterocycles. The summed E-state index contributed by atoms with van der Waals surface area (Å²) >= 11 is 0. The Morgan fingerprint density at radius 1 is 1.32 bits per heavy atom. The Morgan fingerprint density at radius 2 is 2.09 bits per heavy atom. The zero-order valence-corrected chi connectivity index (χ0v) is 13.6. The molecule has 120 valence electrons. The molecule has 0 radical (unpaired) electrons. The molecule has 5 nitrogen and oxygen atoms in total. The third-order valence-corrected chi connectivity index (χ3v) is 5.00. The maximum absolute atomic E-state index is 12.5. The van der Waals surface area contributed by atoms with Gasteiger partial charge in [0.15, 0.2) is 0 Å². The van der Waals surface area contributed by atoms with E-state index in [1.165, 1.54) is 12.8 Å². The molecule has 1 amide bonds. The molecule has 2 fully saturated rings. The third kappa shape index (κ3) is 3.24. The molecule has 0 aliphatic carbocycles. The van der Waals surface area contributed by atoms with E-state index in [4.69, 9.17) is 0 Å². The summed E-state index contributed by atoms with van der Waals surface area (Å²) in [6.07, 6.45) is 5.20. The van der Waals surface area contributed by atoms with Gasteiger partial charge in [0, 0.05) is 38.9 Å². The van der Waals surface area contributed by atoms with E-state index in [-0.39, 0.29) is 5.91 Å². The quantitative estimate of drug-likeness (QED) is 0.924. The highest BCUT2D eigenvalue weighted by Crippen LogP contribution is 2.21. The summed E-state index contributed by atoms with van der Waals surface area (Å²) in [6.45, 7) is 6.32. The minimum atomic E-state index is 0.0695. The smallest absolute Gasteiger partial charge is 0.255 e. The number of carbonyl (C=O) groups is 1. The van der Waals surface area contributed by atoms with Gasteiger partial charge in [0.25, 0.3) is 5.91 Å². The van der Waals surface area contributed by atoms with E-state index in [1.807, 2.05) is 24.1 Å². The van der Waals surface area contributed by atoms with E-state index in [0.29, 0.717) is 11.6 Å². The number of hydrogen-bond acceptors (Lipinski definition) is 4. The number of nitrogens with one attached hydrogen (secondary N) is 1. The monoisotopic (exact) mass is 302 g/mol. The lowest BCUT2D eigenvalue weighted by Crippen LogP contribution is -2.38. The molecule has 1 aromatic heterocycles. The van der Waals surface area contributed by atoms with Crippen LogP contribution < -0.4 is 10.2 Å². The van der Waals surface area contributed by atoms with Crippen molar-refractivity contribution >= 4 is 11.7 Å². The Bertz CT molecular complexity index is 502. The van der Waals surface area contributed by atoms with Gasteiger partial charge in [-0.25, -0.2) is 4.98 Å². The zero-order valence-electron chi connectivity index (χ0n) is 13.6. The van der Waals surface area contributed by atoms with Crippen LogP contribution in [0.3, 0.4) is 0 Å². The average molecular weight is 302 g/mol. The zero-order chi connectivity index (χ0) is 15.5. The number of carbonyl (C=O) groups excluding carboxylic acids is 1. The summed E-state index contributed by atoms with van der Waals surface area (Å²) in [5.41, 5.74) is 0.684. The van der Waals surface area contributed by atoms with Gasteiger partial charge in [-0.05, 0) is 43.9 Å². The normalized spacial score (nSPS) is 22.8. The van der Waals surface area contributed by atoms with Gasteiger partial charge in [0.1, 0.15) is 5.82 Å². The number of hydrogen-bond donors (Lipinski definition) is 1. The fourth-order valence-corrected chi connectivity index (χ4v) is 3.28. The Kier molecular flexibility index (Phi) is 4.62. The van der Waals surface area contributed by atoms with Crippen LogP contribution in [-0.4, -0.2) is 55.1 Å². The second-order valence-corrected chi connectivity index (χ2v) is 6.64. The predicted molar refractivity (Wildman–Crippen MR) is 88.2 cm³/mol. The molecule has 3 rings (SSSR count). The molecule has 22 heavy (non-hydrogen) atoms. The van der Waals surface area contributed by atoms with E-state index in [9.17, 15) is 4.79 Å². The van der Waals surface area contributed by atoms with Crippen molar-refractivity contribution in [1.29, 1.82) is 0 Å². The summed E-state index contributed by atoms with van der Waals surface area (Å²) in [5.74, 6) is 1.87. The Morgan fingerprint density at radius 3 is 2.68 bits per heavy atom. The number of aromatic nitrogens is 1. The van der Waals surface area contributed by atoms with Crippen LogP contribution in [0.5, 0.6) is 0 Å². The molecule has 0 bridgehead atoms. The van der Waals surface area contributed by atoms with E-state index in [1.54, 1.807) is 6.20 Å². The van der Waals surface area contributed by atoms with Crippen molar-refractivity contribution in [3.63, 3.8) is 0 Å². The van der Waals surface area contributed by atoms with Gasteiger partial charge in [-0.2, -0.15) is 0 Å². The topological polar surface area (TPSA) is 48.5 Å². The minimum Gasteiger partial charge on any atom is -0.357 e. The highest BCUT2D eigenvalue weighted by molar-refractivity contribution is 5.94. The average Bonchev–Trinajstić information content (AvgIpc) is 3.09. The van der Waals surface area contributed by atoms with Crippen LogP contribution in [0.25, 0.3) is 0 Å². The van der Waals surface area contributed by atoms with Gasteiger partial charge in [-0.1, -0.05) is 6.92 Å². The maximum atomic E-state index is 12.5. The molecule has 0 saturated carbocycles. The highest BCUT2D eigenvalue weighted by Gasteiger charge is 2.24. The van der Waals surface area contributed by atoms with Crippen molar-refractivity contribution in [2.75, 3.05) is 38.1 Å². The molecule has 1 aromatic rings. The van der Waals surface area contributed by atoms with E-state index in [2.05, 4.69) is 22.1 Å². The van der Waals surface area contributed by atoms with Crippen molar-refractivity contribution in [3.8, 4) is 0 Å². The van der Waals surface area contributed by atoms with E-state index < -0.39 is 0 Å².